The molecule has 1 N–H and O–H groups in total. The number of nitrogens with one attached hydrogen (secondary N) is 1. The Bertz CT molecular complexity index is 659. The maximum absolute atomic E-state index is 12.0. The minimum Gasteiger partial charge on any atom is -0.307 e. The molecular weight excluding hydrogens is 262 g/mol. The third-order valence-corrected chi connectivity index (χ3v) is 2.82. The molecular formula is C14H10ClN3O. The van der Waals surface area contributed by atoms with Gasteiger partial charge in [0.05, 0.1) is 16.1 Å². The van der Waals surface area contributed by atoms with Crippen LogP contribution < -0.4 is 5.32 Å². The van der Waals surface area contributed by atoms with Crippen molar-refractivity contribution >= 4 is 23.3 Å². The highest BCUT2D eigenvalue weighted by atomic mass is 35.5. The van der Waals surface area contributed by atoms with Gasteiger partial charge in [-0.25, -0.2) is 4.98 Å². The van der Waals surface area contributed by atoms with Gasteiger partial charge in [0, 0.05) is 6.20 Å². The molecule has 0 spiro atoms. The molecule has 2 aromatic rings. The van der Waals surface area contributed by atoms with Crippen LogP contribution in [0.15, 0.2) is 36.5 Å². The fraction of sp³-hybridized carbons (Fsp3) is 0.0714. The zero-order valence-corrected chi connectivity index (χ0v) is 10.9. The summed E-state index contributed by atoms with van der Waals surface area (Å²) in [6, 6.07) is 10.3. The van der Waals surface area contributed by atoms with Gasteiger partial charge in [0.2, 0.25) is 0 Å². The van der Waals surface area contributed by atoms with E-state index in [1.165, 1.54) is 6.20 Å². The van der Waals surface area contributed by atoms with Crippen LogP contribution in [0.25, 0.3) is 0 Å². The van der Waals surface area contributed by atoms with Gasteiger partial charge in [-0.3, -0.25) is 4.79 Å². The van der Waals surface area contributed by atoms with E-state index in [1.807, 2.05) is 19.1 Å². The average Bonchev–Trinajstić information content (AvgIpc) is 2.39. The molecule has 4 nitrogen and oxygen atoms in total. The number of nitriles is 1. The first-order chi connectivity index (χ1) is 9.10. The number of carbonyl (C=O) groups excluding carboxylic acids is 1. The highest BCUT2D eigenvalue weighted by Crippen LogP contribution is 2.18. The molecule has 0 radical (unpaired) electrons. The molecule has 94 valence electrons. The summed E-state index contributed by atoms with van der Waals surface area (Å²) < 4.78 is 0. The Hall–Kier alpha value is -2.38. The molecule has 0 aliphatic carbocycles. The summed E-state index contributed by atoms with van der Waals surface area (Å²) >= 11 is 6.01. The van der Waals surface area contributed by atoms with E-state index in [9.17, 15) is 4.79 Å². The number of amides is 1. The van der Waals surface area contributed by atoms with Crippen molar-refractivity contribution < 1.29 is 4.79 Å². The average molecular weight is 272 g/mol. The van der Waals surface area contributed by atoms with Gasteiger partial charge < -0.3 is 5.32 Å². The molecule has 0 saturated carbocycles. The Balaban J connectivity index is 2.18. The Morgan fingerprint density at radius 1 is 1.37 bits per heavy atom. The molecule has 1 amide bonds. The summed E-state index contributed by atoms with van der Waals surface area (Å²) in [4.78, 5) is 16.0. The van der Waals surface area contributed by atoms with Gasteiger partial charge >= 0.3 is 0 Å². The SMILES string of the molecule is Cc1ccc(C(=O)Nc2ccc(C#N)cn2)c(Cl)c1. The Morgan fingerprint density at radius 3 is 2.74 bits per heavy atom. The largest absolute Gasteiger partial charge is 0.307 e. The maximum atomic E-state index is 12.0. The second-order valence-corrected chi connectivity index (χ2v) is 4.39. The number of hydrogen-bond acceptors (Lipinski definition) is 3. The number of aromatic nitrogens is 1. The smallest absolute Gasteiger partial charge is 0.258 e. The first-order valence-electron chi connectivity index (χ1n) is 5.54. The number of carbonyl (C=O) groups is 1. The van der Waals surface area contributed by atoms with Crippen molar-refractivity contribution in [3.63, 3.8) is 0 Å². The fourth-order valence-corrected chi connectivity index (χ4v) is 1.84. The molecule has 0 aliphatic heterocycles. The van der Waals surface area contributed by atoms with E-state index < -0.39 is 0 Å². The molecule has 0 atom stereocenters. The number of rotatable bonds is 2. The van der Waals surface area contributed by atoms with Crippen LogP contribution in [0.5, 0.6) is 0 Å². The minimum atomic E-state index is -0.331. The molecule has 0 aliphatic rings. The van der Waals surface area contributed by atoms with Crippen molar-refractivity contribution in [2.24, 2.45) is 0 Å². The topological polar surface area (TPSA) is 65.8 Å². The van der Waals surface area contributed by atoms with Gasteiger partial charge in [0.15, 0.2) is 0 Å². The van der Waals surface area contributed by atoms with E-state index in [0.29, 0.717) is 22.0 Å². The second-order valence-electron chi connectivity index (χ2n) is 3.98. The first-order valence-corrected chi connectivity index (χ1v) is 5.91. The van der Waals surface area contributed by atoms with Gasteiger partial charge in [-0.2, -0.15) is 5.26 Å². The van der Waals surface area contributed by atoms with E-state index in [4.69, 9.17) is 16.9 Å². The molecule has 0 bridgehead atoms. The van der Waals surface area contributed by atoms with Gasteiger partial charge in [0.1, 0.15) is 11.9 Å². The predicted octanol–water partition coefficient (Wildman–Crippen LogP) is 3.17. The van der Waals surface area contributed by atoms with Gasteiger partial charge in [0.25, 0.3) is 5.91 Å². The number of anilines is 1. The van der Waals surface area contributed by atoms with Crippen molar-refractivity contribution in [1.29, 1.82) is 5.26 Å². The summed E-state index contributed by atoms with van der Waals surface area (Å²) in [5, 5.41) is 11.7. The third-order valence-electron chi connectivity index (χ3n) is 2.50. The summed E-state index contributed by atoms with van der Waals surface area (Å²) in [6.07, 6.45) is 1.40. The van der Waals surface area contributed by atoms with E-state index >= 15 is 0 Å². The Morgan fingerprint density at radius 2 is 2.16 bits per heavy atom. The summed E-state index contributed by atoms with van der Waals surface area (Å²) in [5.74, 6) is 0.0443. The summed E-state index contributed by atoms with van der Waals surface area (Å²) in [7, 11) is 0. The molecule has 0 fully saturated rings. The Labute approximate surface area is 115 Å². The van der Waals surface area contributed by atoms with Gasteiger partial charge in [-0.15, -0.1) is 0 Å². The van der Waals surface area contributed by atoms with Crippen LogP contribution >= 0.6 is 11.6 Å². The number of pyridine rings is 1. The number of hydrogen-bond donors (Lipinski definition) is 1. The number of benzene rings is 1. The zero-order chi connectivity index (χ0) is 13.8. The normalized spacial score (nSPS) is 9.74. The quantitative estimate of drug-likeness (QED) is 0.912. The highest BCUT2D eigenvalue weighted by Gasteiger charge is 2.11. The molecule has 1 aromatic heterocycles. The summed E-state index contributed by atoms with van der Waals surface area (Å²) in [5.41, 5.74) is 1.81. The number of halogens is 1. The lowest BCUT2D eigenvalue weighted by Gasteiger charge is -2.06. The van der Waals surface area contributed by atoms with E-state index in [1.54, 1.807) is 24.3 Å². The first kappa shape index (κ1) is 13.1. The number of nitrogens with zero attached hydrogens (tertiary/aromatic N) is 2. The lowest BCUT2D eigenvalue weighted by Crippen LogP contribution is -2.13. The van der Waals surface area contributed by atoms with Crippen molar-refractivity contribution in [1.82, 2.24) is 4.98 Å². The van der Waals surface area contributed by atoms with E-state index in [2.05, 4.69) is 10.3 Å². The Kier molecular flexibility index (Phi) is 3.79. The zero-order valence-electron chi connectivity index (χ0n) is 10.1. The third kappa shape index (κ3) is 3.09. The molecule has 0 saturated heterocycles. The second kappa shape index (κ2) is 5.51. The van der Waals surface area contributed by atoms with E-state index in [0.717, 1.165) is 5.56 Å². The van der Waals surface area contributed by atoms with Crippen LogP contribution in [0.3, 0.4) is 0 Å². The highest BCUT2D eigenvalue weighted by molar-refractivity contribution is 6.34. The molecule has 1 aromatic carbocycles. The fourth-order valence-electron chi connectivity index (χ4n) is 1.52. The molecule has 2 rings (SSSR count). The van der Waals surface area contributed by atoms with Crippen molar-refractivity contribution in [3.05, 3.63) is 58.2 Å². The van der Waals surface area contributed by atoms with E-state index in [-0.39, 0.29) is 5.91 Å². The van der Waals surface area contributed by atoms with Crippen LogP contribution in [0, 0.1) is 18.3 Å². The van der Waals surface area contributed by atoms with Crippen LogP contribution in [-0.4, -0.2) is 10.9 Å². The minimum absolute atomic E-state index is 0.331. The monoisotopic (exact) mass is 271 g/mol. The number of aryl methyl sites for hydroxylation is 1. The lowest BCUT2D eigenvalue weighted by atomic mass is 10.1. The van der Waals surface area contributed by atoms with Crippen molar-refractivity contribution in [2.45, 2.75) is 6.92 Å². The maximum Gasteiger partial charge on any atom is 0.258 e. The van der Waals surface area contributed by atoms with Crippen molar-refractivity contribution in [2.75, 3.05) is 5.32 Å². The molecule has 19 heavy (non-hydrogen) atoms. The summed E-state index contributed by atoms with van der Waals surface area (Å²) in [6.45, 7) is 1.90. The van der Waals surface area contributed by atoms with Crippen LogP contribution in [0.2, 0.25) is 5.02 Å². The van der Waals surface area contributed by atoms with Gasteiger partial charge in [-0.1, -0.05) is 17.7 Å². The molecule has 5 heteroatoms. The standard InChI is InChI=1S/C14H10ClN3O/c1-9-2-4-11(12(15)6-9)14(19)18-13-5-3-10(7-16)8-17-13/h2-6,8H,1H3,(H,17,18,19). The molecule has 1 heterocycles. The predicted molar refractivity (Wildman–Crippen MR) is 73.1 cm³/mol. The molecule has 0 unspecified atom stereocenters. The van der Waals surface area contributed by atoms with Crippen LogP contribution in [0.1, 0.15) is 21.5 Å². The van der Waals surface area contributed by atoms with Crippen LogP contribution in [-0.2, 0) is 0 Å². The van der Waals surface area contributed by atoms with Gasteiger partial charge in [-0.05, 0) is 36.8 Å². The lowest BCUT2D eigenvalue weighted by molar-refractivity contribution is 0.102. The van der Waals surface area contributed by atoms with Crippen LogP contribution in [0.4, 0.5) is 5.82 Å². The van der Waals surface area contributed by atoms with Crippen molar-refractivity contribution in [3.8, 4) is 6.07 Å².